The van der Waals surface area contributed by atoms with Crippen LogP contribution in [0.4, 0.5) is 0 Å². The minimum atomic E-state index is -0.565. The standard InChI is InChI=1S/C21H24O3/c1-21(2,3)14-10-8-13(9-11-14)12-17-18(22)15-6-4-5-7-16(15)19(23)20(17)24/h4-8,14,22H,9-12H2,1-3H3. The van der Waals surface area contributed by atoms with Crippen LogP contribution >= 0.6 is 0 Å². The molecule has 0 saturated heterocycles. The molecule has 1 unspecified atom stereocenters. The molecule has 0 radical (unpaired) electrons. The van der Waals surface area contributed by atoms with Crippen molar-refractivity contribution in [3.8, 4) is 0 Å². The molecule has 3 nitrogen and oxygen atoms in total. The molecule has 2 aliphatic rings. The van der Waals surface area contributed by atoms with Gasteiger partial charge < -0.3 is 5.11 Å². The van der Waals surface area contributed by atoms with Gasteiger partial charge in [0, 0.05) is 17.5 Å². The summed E-state index contributed by atoms with van der Waals surface area (Å²) >= 11 is 0. The van der Waals surface area contributed by atoms with E-state index in [1.54, 1.807) is 24.3 Å². The van der Waals surface area contributed by atoms with Gasteiger partial charge in [0.15, 0.2) is 0 Å². The normalized spacial score (nSPS) is 21.6. The number of fused-ring (bicyclic) bond motifs is 1. The number of benzene rings is 1. The van der Waals surface area contributed by atoms with E-state index < -0.39 is 11.6 Å². The molecule has 0 saturated carbocycles. The lowest BCUT2D eigenvalue weighted by molar-refractivity contribution is -0.112. The summed E-state index contributed by atoms with van der Waals surface area (Å²) in [5.74, 6) is -0.477. The van der Waals surface area contributed by atoms with E-state index in [-0.39, 0.29) is 16.7 Å². The largest absolute Gasteiger partial charge is 0.507 e. The van der Waals surface area contributed by atoms with Gasteiger partial charge in [0.05, 0.1) is 5.57 Å². The Morgan fingerprint density at radius 2 is 1.75 bits per heavy atom. The van der Waals surface area contributed by atoms with Gasteiger partial charge in [-0.15, -0.1) is 0 Å². The number of carbonyl (C=O) groups is 2. The van der Waals surface area contributed by atoms with Gasteiger partial charge in [-0.3, -0.25) is 9.59 Å². The van der Waals surface area contributed by atoms with Gasteiger partial charge in [0.1, 0.15) is 5.76 Å². The van der Waals surface area contributed by atoms with Gasteiger partial charge in [-0.05, 0) is 30.6 Å². The van der Waals surface area contributed by atoms with Crippen LogP contribution in [0.5, 0.6) is 0 Å². The summed E-state index contributed by atoms with van der Waals surface area (Å²) in [6.07, 6.45) is 5.56. The molecule has 24 heavy (non-hydrogen) atoms. The summed E-state index contributed by atoms with van der Waals surface area (Å²) in [5.41, 5.74) is 2.45. The van der Waals surface area contributed by atoms with E-state index in [0.29, 0.717) is 23.5 Å². The van der Waals surface area contributed by atoms with Crippen LogP contribution < -0.4 is 0 Å². The maximum atomic E-state index is 12.4. The molecule has 1 aromatic rings. The fraction of sp³-hybridized carbons (Fsp3) is 0.429. The summed E-state index contributed by atoms with van der Waals surface area (Å²) in [5, 5.41) is 10.5. The number of rotatable bonds is 2. The molecule has 2 aliphatic carbocycles. The lowest BCUT2D eigenvalue weighted by Crippen LogP contribution is -2.25. The minimum Gasteiger partial charge on any atom is -0.507 e. The smallest absolute Gasteiger partial charge is 0.234 e. The third-order valence-corrected chi connectivity index (χ3v) is 5.33. The molecule has 0 heterocycles. The van der Waals surface area contributed by atoms with E-state index in [1.807, 2.05) is 0 Å². The second-order valence-electron chi connectivity index (χ2n) is 7.91. The molecule has 0 spiro atoms. The number of hydrogen-bond acceptors (Lipinski definition) is 3. The molecule has 0 fully saturated rings. The highest BCUT2D eigenvalue weighted by atomic mass is 16.3. The van der Waals surface area contributed by atoms with Crippen molar-refractivity contribution in [3.05, 3.63) is 52.6 Å². The van der Waals surface area contributed by atoms with Crippen LogP contribution in [0.1, 0.15) is 62.4 Å². The van der Waals surface area contributed by atoms with Crippen LogP contribution in [0, 0.1) is 11.3 Å². The first-order valence-corrected chi connectivity index (χ1v) is 8.57. The van der Waals surface area contributed by atoms with E-state index in [0.717, 1.165) is 24.8 Å². The molecule has 0 aliphatic heterocycles. The zero-order chi connectivity index (χ0) is 17.5. The average Bonchev–Trinajstić information content (AvgIpc) is 2.56. The van der Waals surface area contributed by atoms with Crippen molar-refractivity contribution in [2.24, 2.45) is 11.3 Å². The Morgan fingerprint density at radius 1 is 1.08 bits per heavy atom. The van der Waals surface area contributed by atoms with Crippen molar-refractivity contribution < 1.29 is 14.7 Å². The highest BCUT2D eigenvalue weighted by Gasteiger charge is 2.33. The number of hydrogen-bond donors (Lipinski definition) is 1. The van der Waals surface area contributed by atoms with Gasteiger partial charge in [-0.25, -0.2) is 0 Å². The molecule has 126 valence electrons. The molecule has 1 N–H and O–H groups in total. The summed E-state index contributed by atoms with van der Waals surface area (Å²) in [4.78, 5) is 24.7. The number of carbonyl (C=O) groups excluding carboxylic acids is 2. The third-order valence-electron chi connectivity index (χ3n) is 5.33. The Morgan fingerprint density at radius 3 is 2.33 bits per heavy atom. The van der Waals surface area contributed by atoms with Gasteiger partial charge in [0.2, 0.25) is 11.6 Å². The Labute approximate surface area is 143 Å². The predicted molar refractivity (Wildman–Crippen MR) is 94.8 cm³/mol. The minimum absolute atomic E-state index is 0.0333. The van der Waals surface area contributed by atoms with Crippen LogP contribution in [0.25, 0.3) is 5.76 Å². The highest BCUT2D eigenvalue weighted by Crippen LogP contribution is 2.39. The second kappa shape index (κ2) is 6.04. The molecular weight excluding hydrogens is 300 g/mol. The molecule has 1 atom stereocenters. The summed E-state index contributed by atoms with van der Waals surface area (Å²) < 4.78 is 0. The predicted octanol–water partition coefficient (Wildman–Crippen LogP) is 4.88. The molecule has 3 rings (SSSR count). The maximum absolute atomic E-state index is 12.4. The van der Waals surface area contributed by atoms with Crippen LogP contribution in [-0.4, -0.2) is 16.7 Å². The first-order valence-electron chi connectivity index (χ1n) is 8.57. The molecule has 3 heteroatoms. The van der Waals surface area contributed by atoms with Crippen LogP contribution in [-0.2, 0) is 4.79 Å². The molecule has 1 aromatic carbocycles. The van der Waals surface area contributed by atoms with Gasteiger partial charge in [-0.2, -0.15) is 0 Å². The molecular formula is C21H24O3. The average molecular weight is 324 g/mol. The second-order valence-corrected chi connectivity index (χ2v) is 7.91. The van der Waals surface area contributed by atoms with E-state index in [1.165, 1.54) is 0 Å². The number of allylic oxidation sites excluding steroid dienone is 3. The fourth-order valence-corrected chi connectivity index (χ4v) is 3.64. The number of ketones is 2. The number of Topliss-reactive ketones (excluding diaryl/α,β-unsaturated/α-hetero) is 2. The lowest BCUT2D eigenvalue weighted by Gasteiger charge is -2.33. The zero-order valence-corrected chi connectivity index (χ0v) is 14.6. The Balaban J connectivity index is 1.87. The maximum Gasteiger partial charge on any atom is 0.234 e. The number of aliphatic hydroxyl groups is 1. The van der Waals surface area contributed by atoms with Crippen LogP contribution in [0.2, 0.25) is 0 Å². The van der Waals surface area contributed by atoms with E-state index in [2.05, 4.69) is 26.8 Å². The van der Waals surface area contributed by atoms with Crippen molar-refractivity contribution in [1.82, 2.24) is 0 Å². The van der Waals surface area contributed by atoms with Crippen LogP contribution in [0.3, 0.4) is 0 Å². The quantitative estimate of drug-likeness (QED) is 0.623. The van der Waals surface area contributed by atoms with Crippen molar-refractivity contribution in [1.29, 1.82) is 0 Å². The summed E-state index contributed by atoms with van der Waals surface area (Å²) in [7, 11) is 0. The van der Waals surface area contributed by atoms with E-state index >= 15 is 0 Å². The van der Waals surface area contributed by atoms with E-state index in [4.69, 9.17) is 0 Å². The van der Waals surface area contributed by atoms with Crippen molar-refractivity contribution in [3.63, 3.8) is 0 Å². The highest BCUT2D eigenvalue weighted by molar-refractivity contribution is 6.52. The Hall–Kier alpha value is -2.16. The van der Waals surface area contributed by atoms with Crippen molar-refractivity contribution in [2.75, 3.05) is 0 Å². The Bertz CT molecular complexity index is 760. The SMILES string of the molecule is CC(C)(C)C1CC=C(CC2=C(O)c3ccccc3C(=O)C2=O)CC1. The first-order chi connectivity index (χ1) is 11.3. The Kier molecular flexibility index (Phi) is 4.20. The molecule has 0 amide bonds. The fourth-order valence-electron chi connectivity index (χ4n) is 3.64. The molecule has 0 bridgehead atoms. The van der Waals surface area contributed by atoms with Crippen molar-refractivity contribution in [2.45, 2.75) is 46.5 Å². The lowest BCUT2D eigenvalue weighted by atomic mass is 9.72. The van der Waals surface area contributed by atoms with Gasteiger partial charge in [-0.1, -0.05) is 56.7 Å². The van der Waals surface area contributed by atoms with Gasteiger partial charge in [0.25, 0.3) is 0 Å². The van der Waals surface area contributed by atoms with Crippen molar-refractivity contribution >= 4 is 17.3 Å². The third kappa shape index (κ3) is 2.95. The van der Waals surface area contributed by atoms with E-state index in [9.17, 15) is 14.7 Å². The topological polar surface area (TPSA) is 54.4 Å². The van der Waals surface area contributed by atoms with Crippen LogP contribution in [0.15, 0.2) is 41.5 Å². The summed E-state index contributed by atoms with van der Waals surface area (Å²) in [6.45, 7) is 6.77. The number of aliphatic hydroxyl groups excluding tert-OH is 1. The summed E-state index contributed by atoms with van der Waals surface area (Å²) in [6, 6.07) is 6.76. The zero-order valence-electron chi connectivity index (χ0n) is 14.6. The first kappa shape index (κ1) is 16.7. The van der Waals surface area contributed by atoms with Gasteiger partial charge >= 0.3 is 0 Å². The molecule has 0 aromatic heterocycles. The monoisotopic (exact) mass is 324 g/mol.